The van der Waals surface area contributed by atoms with Gasteiger partial charge in [-0.25, -0.2) is 4.39 Å². The van der Waals surface area contributed by atoms with Gasteiger partial charge in [-0.2, -0.15) is 4.57 Å². The van der Waals surface area contributed by atoms with Crippen LogP contribution in [0.15, 0.2) is 46.9 Å². The predicted molar refractivity (Wildman–Crippen MR) is 94.5 cm³/mol. The maximum atomic E-state index is 13.8. The first-order valence-electron chi connectivity index (χ1n) is 8.47. The Labute approximate surface area is 141 Å². The molecule has 2 aromatic carbocycles. The van der Waals surface area contributed by atoms with Crippen LogP contribution in [0.4, 0.5) is 4.39 Å². The molecule has 2 heterocycles. The van der Waals surface area contributed by atoms with Crippen LogP contribution in [-0.2, 0) is 7.05 Å². The summed E-state index contributed by atoms with van der Waals surface area (Å²) in [5.41, 5.74) is 6.44. The second kappa shape index (κ2) is 5.17. The molecule has 0 fully saturated rings. The lowest BCUT2D eigenvalue weighted by Gasteiger charge is -2.08. The minimum Gasteiger partial charge on any atom is -0.455 e. The van der Waals surface area contributed by atoms with Crippen molar-refractivity contribution in [3.8, 4) is 11.3 Å². The Hall–Kier alpha value is -2.68. The molecule has 0 N–H and O–H groups in total. The van der Waals surface area contributed by atoms with E-state index >= 15 is 0 Å². The molecule has 0 unspecified atom stereocenters. The molecular formula is C21H19FNO+. The molecule has 24 heavy (non-hydrogen) atoms. The van der Waals surface area contributed by atoms with E-state index in [-0.39, 0.29) is 6.04 Å². The summed E-state index contributed by atoms with van der Waals surface area (Å²) < 4.78 is 29.9. The zero-order valence-corrected chi connectivity index (χ0v) is 14.2. The highest BCUT2D eigenvalue weighted by Gasteiger charge is 2.22. The summed E-state index contributed by atoms with van der Waals surface area (Å²) in [5, 5.41) is 1.68. The average molecular weight is 321 g/mol. The fourth-order valence-corrected chi connectivity index (χ4v) is 3.37. The second-order valence-corrected chi connectivity index (χ2v) is 6.40. The molecule has 2 nitrogen and oxygen atoms in total. The van der Waals surface area contributed by atoms with E-state index in [1.807, 2.05) is 20.0 Å². The van der Waals surface area contributed by atoms with Gasteiger partial charge in [-0.3, -0.25) is 0 Å². The summed E-state index contributed by atoms with van der Waals surface area (Å²) in [5.74, 6) is -0.568. The van der Waals surface area contributed by atoms with Crippen LogP contribution >= 0.6 is 0 Å². The number of fused-ring (bicyclic) bond motifs is 3. The molecular weight excluding hydrogens is 301 g/mol. The number of aromatic nitrogens is 1. The SMILES string of the molecule is [2H]c1c(F)ccc2c1oc1c(-c3cc(C)cc(C)[n+]3C)c(C)ccc12. The minimum atomic E-state index is -0.568. The van der Waals surface area contributed by atoms with Gasteiger partial charge in [0, 0.05) is 35.9 Å². The van der Waals surface area contributed by atoms with Crippen LogP contribution in [0.5, 0.6) is 0 Å². The number of rotatable bonds is 1. The lowest BCUT2D eigenvalue weighted by Crippen LogP contribution is -2.35. The Kier molecular flexibility index (Phi) is 2.96. The standard InChI is InChI=1S/C21H19FNO/c1-12-9-14(3)23(4)18(10-12)20-13(2)5-7-17-16-8-6-15(22)11-19(16)24-21(17)20/h5-11H,1-4H3/q+1/i11D. The van der Waals surface area contributed by atoms with Gasteiger partial charge in [0.25, 0.3) is 0 Å². The third-order valence-electron chi connectivity index (χ3n) is 4.68. The van der Waals surface area contributed by atoms with E-state index < -0.39 is 5.82 Å². The van der Waals surface area contributed by atoms with Gasteiger partial charge in [-0.15, -0.1) is 0 Å². The highest BCUT2D eigenvalue weighted by molar-refractivity contribution is 6.09. The summed E-state index contributed by atoms with van der Waals surface area (Å²) in [6.45, 7) is 6.19. The molecule has 120 valence electrons. The van der Waals surface area contributed by atoms with Gasteiger partial charge in [0.15, 0.2) is 5.69 Å². The molecule has 0 amide bonds. The lowest BCUT2D eigenvalue weighted by molar-refractivity contribution is -0.666. The molecule has 0 atom stereocenters. The van der Waals surface area contributed by atoms with Crippen LogP contribution in [0.2, 0.25) is 0 Å². The fraction of sp³-hybridized carbons (Fsp3) is 0.190. The molecule has 0 saturated heterocycles. The molecule has 0 radical (unpaired) electrons. The quantitative estimate of drug-likeness (QED) is 0.444. The molecule has 2 aromatic heterocycles. The van der Waals surface area contributed by atoms with E-state index in [1.165, 1.54) is 11.6 Å². The molecule has 0 bridgehead atoms. The Morgan fingerprint density at radius 3 is 2.58 bits per heavy atom. The van der Waals surface area contributed by atoms with Crippen molar-refractivity contribution in [2.45, 2.75) is 20.8 Å². The number of nitrogens with zero attached hydrogens (tertiary/aromatic N) is 1. The van der Waals surface area contributed by atoms with Gasteiger partial charge in [-0.1, -0.05) is 12.1 Å². The van der Waals surface area contributed by atoms with Crippen molar-refractivity contribution in [2.24, 2.45) is 7.05 Å². The van der Waals surface area contributed by atoms with E-state index in [0.29, 0.717) is 11.2 Å². The number of hydrogen-bond donors (Lipinski definition) is 0. The number of benzene rings is 2. The molecule has 4 aromatic rings. The average Bonchev–Trinajstić information content (AvgIpc) is 2.94. The van der Waals surface area contributed by atoms with Gasteiger partial charge >= 0.3 is 0 Å². The number of pyridine rings is 1. The largest absolute Gasteiger partial charge is 0.455 e. The minimum absolute atomic E-state index is 0.192. The summed E-state index contributed by atoms with van der Waals surface area (Å²) >= 11 is 0. The number of halogens is 1. The van der Waals surface area contributed by atoms with Crippen molar-refractivity contribution in [2.75, 3.05) is 0 Å². The van der Waals surface area contributed by atoms with Gasteiger partial charge < -0.3 is 4.42 Å². The summed E-state index contributed by atoms with van der Waals surface area (Å²) in [6, 6.07) is 11.1. The molecule has 0 aliphatic rings. The van der Waals surface area contributed by atoms with E-state index in [0.717, 1.165) is 33.3 Å². The monoisotopic (exact) mass is 321 g/mol. The maximum absolute atomic E-state index is 13.8. The van der Waals surface area contributed by atoms with Crippen LogP contribution in [0.3, 0.4) is 0 Å². The van der Waals surface area contributed by atoms with Crippen molar-refractivity contribution in [1.82, 2.24) is 0 Å². The van der Waals surface area contributed by atoms with Gasteiger partial charge in [-0.05, 0) is 37.1 Å². The lowest BCUT2D eigenvalue weighted by atomic mass is 9.99. The third kappa shape index (κ3) is 2.12. The van der Waals surface area contributed by atoms with Gasteiger partial charge in [0.05, 0.1) is 6.93 Å². The molecule has 4 rings (SSSR count). The normalized spacial score (nSPS) is 12.1. The van der Waals surface area contributed by atoms with Gasteiger partial charge in [0.2, 0.25) is 5.69 Å². The van der Waals surface area contributed by atoms with E-state index in [2.05, 4.69) is 36.6 Å². The molecule has 0 saturated carbocycles. The zero-order valence-electron chi connectivity index (χ0n) is 15.2. The topological polar surface area (TPSA) is 17.0 Å². The summed E-state index contributed by atoms with van der Waals surface area (Å²) in [6.07, 6.45) is 0. The summed E-state index contributed by atoms with van der Waals surface area (Å²) in [7, 11) is 2.03. The third-order valence-corrected chi connectivity index (χ3v) is 4.68. The Bertz CT molecular complexity index is 1160. The highest BCUT2D eigenvalue weighted by atomic mass is 19.1. The number of hydrogen-bond acceptors (Lipinski definition) is 1. The highest BCUT2D eigenvalue weighted by Crippen LogP contribution is 2.37. The van der Waals surface area contributed by atoms with Crippen molar-refractivity contribution in [3.63, 3.8) is 0 Å². The fourth-order valence-electron chi connectivity index (χ4n) is 3.37. The van der Waals surface area contributed by atoms with Crippen LogP contribution in [0, 0.1) is 26.6 Å². The Morgan fingerprint density at radius 1 is 1.04 bits per heavy atom. The first-order chi connectivity index (χ1) is 11.9. The second-order valence-electron chi connectivity index (χ2n) is 6.40. The summed E-state index contributed by atoms with van der Waals surface area (Å²) in [4.78, 5) is 0. The van der Waals surface area contributed by atoms with Crippen LogP contribution in [-0.4, -0.2) is 0 Å². The zero-order chi connectivity index (χ0) is 17.9. The smallest absolute Gasteiger partial charge is 0.216 e. The van der Waals surface area contributed by atoms with Crippen LogP contribution < -0.4 is 4.57 Å². The molecule has 0 aliphatic carbocycles. The Morgan fingerprint density at radius 2 is 1.79 bits per heavy atom. The van der Waals surface area contributed by atoms with Crippen molar-refractivity contribution < 1.29 is 14.7 Å². The van der Waals surface area contributed by atoms with E-state index in [4.69, 9.17) is 5.79 Å². The van der Waals surface area contributed by atoms with Crippen molar-refractivity contribution >= 4 is 21.9 Å². The molecule has 0 spiro atoms. The van der Waals surface area contributed by atoms with E-state index in [1.54, 1.807) is 6.07 Å². The number of furan rings is 1. The predicted octanol–water partition coefficient (Wildman–Crippen LogP) is 5.14. The van der Waals surface area contributed by atoms with Crippen molar-refractivity contribution in [3.05, 3.63) is 65.1 Å². The molecule has 0 aliphatic heterocycles. The van der Waals surface area contributed by atoms with Crippen molar-refractivity contribution in [1.29, 1.82) is 0 Å². The number of aryl methyl sites for hydroxylation is 3. The van der Waals surface area contributed by atoms with Gasteiger partial charge in [0.1, 0.15) is 24.0 Å². The van der Waals surface area contributed by atoms with Crippen LogP contribution in [0.1, 0.15) is 18.2 Å². The molecule has 3 heteroatoms. The first kappa shape index (κ1) is 13.7. The first-order valence-corrected chi connectivity index (χ1v) is 7.97. The maximum Gasteiger partial charge on any atom is 0.216 e. The van der Waals surface area contributed by atoms with E-state index in [9.17, 15) is 4.39 Å². The van der Waals surface area contributed by atoms with Crippen LogP contribution in [0.25, 0.3) is 33.2 Å². The Balaban J connectivity index is 2.18.